The molecule has 0 bridgehead atoms. The van der Waals surface area contributed by atoms with E-state index in [4.69, 9.17) is 11.5 Å². The normalized spacial score (nSPS) is 12.0. The fourth-order valence-corrected chi connectivity index (χ4v) is 10.0. The van der Waals surface area contributed by atoms with Gasteiger partial charge in [0.25, 0.3) is 0 Å². The highest BCUT2D eigenvalue weighted by Crippen LogP contribution is 2.52. The van der Waals surface area contributed by atoms with Gasteiger partial charge in [0.15, 0.2) is 0 Å². The summed E-state index contributed by atoms with van der Waals surface area (Å²) in [5, 5.41) is 0. The first-order chi connectivity index (χ1) is 32.1. The van der Waals surface area contributed by atoms with E-state index in [0.717, 1.165) is 108 Å². The van der Waals surface area contributed by atoms with Crippen molar-refractivity contribution < 1.29 is 0 Å². The molecule has 370 valence electrons. The molecule has 0 fully saturated rings. The van der Waals surface area contributed by atoms with Gasteiger partial charge in [-0.05, 0) is 118 Å². The first kappa shape index (κ1) is 53.8. The Morgan fingerprint density at radius 3 is 0.500 bits per heavy atom. The van der Waals surface area contributed by atoms with Crippen molar-refractivity contribution in [3.05, 3.63) is 97.1 Å². The van der Waals surface area contributed by atoms with Crippen LogP contribution in [0, 0.1) is 47.3 Å². The topological polar surface area (TPSA) is 65.0 Å². The third kappa shape index (κ3) is 14.5. The molecule has 0 amide bonds. The van der Waals surface area contributed by atoms with Gasteiger partial charge in [0, 0.05) is 109 Å². The first-order valence-corrected chi connectivity index (χ1v) is 26.3. The molecule has 68 heavy (non-hydrogen) atoms. The van der Waals surface area contributed by atoms with Crippen LogP contribution in [0.4, 0.5) is 34.1 Å². The zero-order chi connectivity index (χ0) is 50.0. The number of rotatable bonds is 24. The largest absolute Gasteiger partial charge is 0.398 e. The van der Waals surface area contributed by atoms with Crippen molar-refractivity contribution in [3.8, 4) is 44.5 Å². The lowest BCUT2D eigenvalue weighted by Crippen LogP contribution is -2.31. The summed E-state index contributed by atoms with van der Waals surface area (Å²) in [5.41, 5.74) is 30.2. The lowest BCUT2D eigenvalue weighted by Gasteiger charge is -2.30. The quantitative estimate of drug-likeness (QED) is 0.0601. The molecule has 0 aromatic heterocycles. The zero-order valence-electron chi connectivity index (χ0n) is 45.5. The molecule has 5 aromatic rings. The van der Waals surface area contributed by atoms with Gasteiger partial charge in [0.05, 0.1) is 0 Å². The Morgan fingerprint density at radius 1 is 0.250 bits per heavy atom. The van der Waals surface area contributed by atoms with E-state index in [-0.39, 0.29) is 0 Å². The Hall–Kier alpha value is -5.10. The maximum atomic E-state index is 7.83. The number of nitrogens with zero attached hydrogens (tertiary/aromatic N) is 4. The summed E-state index contributed by atoms with van der Waals surface area (Å²) < 4.78 is 0. The molecule has 0 unspecified atom stereocenters. The molecule has 0 aliphatic heterocycles. The average molecular weight is 921 g/mol. The van der Waals surface area contributed by atoms with Gasteiger partial charge in [-0.2, -0.15) is 0 Å². The van der Waals surface area contributed by atoms with Crippen molar-refractivity contribution in [2.24, 2.45) is 47.3 Å². The summed E-state index contributed by atoms with van der Waals surface area (Å²) in [6.45, 7) is 44.8. The van der Waals surface area contributed by atoms with E-state index in [1.807, 2.05) is 0 Å². The lowest BCUT2D eigenvalue weighted by atomic mass is 9.82. The van der Waals surface area contributed by atoms with Gasteiger partial charge in [-0.3, -0.25) is 0 Å². The van der Waals surface area contributed by atoms with E-state index < -0.39 is 0 Å². The number of hydrogen-bond donors (Lipinski definition) is 2. The summed E-state index contributed by atoms with van der Waals surface area (Å²) in [6, 6.07) is 36.5. The summed E-state index contributed by atoms with van der Waals surface area (Å²) in [6.07, 6.45) is 0. The molecule has 5 rings (SSSR count). The van der Waals surface area contributed by atoms with E-state index in [1.54, 1.807) is 0 Å². The molecule has 6 heteroatoms. The minimum Gasteiger partial charge on any atom is -0.398 e. The van der Waals surface area contributed by atoms with Crippen LogP contribution in [0.5, 0.6) is 0 Å². The van der Waals surface area contributed by atoms with E-state index in [9.17, 15) is 0 Å². The van der Waals surface area contributed by atoms with E-state index in [1.165, 1.54) is 22.7 Å². The highest BCUT2D eigenvalue weighted by molar-refractivity contribution is 6.12. The molecule has 0 aliphatic carbocycles. The Balaban J connectivity index is 1.84. The second kappa shape index (κ2) is 24.4. The Labute approximate surface area is 415 Å². The van der Waals surface area contributed by atoms with Crippen molar-refractivity contribution in [2.75, 3.05) is 83.4 Å². The Bertz CT molecular complexity index is 1920. The maximum absolute atomic E-state index is 7.83. The van der Waals surface area contributed by atoms with Crippen LogP contribution in [-0.2, 0) is 0 Å². The standard InChI is InChI=1S/C62H92N6/c1-41(2)33-65(34-42(3)4)53-25-17-49(18-26-53)57-58(50-19-27-54(28-20-50)66(35-43(5)6)36-44(7)8)62(64)60(52-23-31-56(32-24-52)68(39-47(13)14)40-48(15)16)59(61(57)63)51-21-29-55(30-22-51)67(37-45(9)10)38-46(11)12/h17-32,41-48H,33-40,63-64H2,1-16H3. The minimum absolute atomic E-state index is 0.544. The third-order valence-electron chi connectivity index (χ3n) is 12.3. The maximum Gasteiger partial charge on any atom is 0.0487 e. The summed E-state index contributed by atoms with van der Waals surface area (Å²) in [5.74, 6) is 4.35. The van der Waals surface area contributed by atoms with Crippen molar-refractivity contribution >= 4 is 34.1 Å². The second-order valence-electron chi connectivity index (χ2n) is 23.3. The molecule has 0 atom stereocenters. The van der Waals surface area contributed by atoms with Gasteiger partial charge < -0.3 is 31.1 Å². The molecule has 0 saturated carbocycles. The predicted molar refractivity (Wildman–Crippen MR) is 305 cm³/mol. The fraction of sp³-hybridized carbons (Fsp3) is 0.516. The lowest BCUT2D eigenvalue weighted by molar-refractivity contribution is 0.552. The molecule has 5 aromatic carbocycles. The number of anilines is 6. The fourth-order valence-electron chi connectivity index (χ4n) is 10.0. The highest BCUT2D eigenvalue weighted by Gasteiger charge is 2.27. The predicted octanol–water partition coefficient (Wildman–Crippen LogP) is 16.0. The van der Waals surface area contributed by atoms with E-state index in [0.29, 0.717) is 47.3 Å². The van der Waals surface area contributed by atoms with Crippen LogP contribution in [0.1, 0.15) is 111 Å². The van der Waals surface area contributed by atoms with Gasteiger partial charge in [0.1, 0.15) is 0 Å². The smallest absolute Gasteiger partial charge is 0.0487 e. The SMILES string of the molecule is CC(C)CN(CC(C)C)c1ccc(-c2c(N)c(-c3ccc(N(CC(C)C)CC(C)C)cc3)c(-c3ccc(N(CC(C)C)CC(C)C)cc3)c(N)c2-c2ccc(N(CC(C)C)CC(C)C)cc2)cc1. The first-order valence-electron chi connectivity index (χ1n) is 26.3. The summed E-state index contributed by atoms with van der Waals surface area (Å²) in [7, 11) is 0. The number of nitrogens with two attached hydrogens (primary N) is 2. The van der Waals surface area contributed by atoms with Gasteiger partial charge in [-0.25, -0.2) is 0 Å². The molecule has 0 spiro atoms. The van der Waals surface area contributed by atoms with Crippen LogP contribution in [0.25, 0.3) is 44.5 Å². The van der Waals surface area contributed by atoms with Crippen LogP contribution < -0.4 is 31.1 Å². The van der Waals surface area contributed by atoms with Gasteiger partial charge in [-0.1, -0.05) is 159 Å². The molecule has 6 nitrogen and oxygen atoms in total. The van der Waals surface area contributed by atoms with Crippen molar-refractivity contribution in [1.29, 1.82) is 0 Å². The molecule has 4 N–H and O–H groups in total. The van der Waals surface area contributed by atoms with E-state index in [2.05, 4.69) is 227 Å². The van der Waals surface area contributed by atoms with Crippen molar-refractivity contribution in [2.45, 2.75) is 111 Å². The Kier molecular flexibility index (Phi) is 19.4. The molecule has 0 heterocycles. The van der Waals surface area contributed by atoms with Crippen LogP contribution in [0.3, 0.4) is 0 Å². The van der Waals surface area contributed by atoms with Crippen molar-refractivity contribution in [3.63, 3.8) is 0 Å². The van der Waals surface area contributed by atoms with Gasteiger partial charge in [0.2, 0.25) is 0 Å². The summed E-state index contributed by atoms with van der Waals surface area (Å²) >= 11 is 0. The second-order valence-corrected chi connectivity index (χ2v) is 23.3. The van der Waals surface area contributed by atoms with Crippen LogP contribution in [0.15, 0.2) is 97.1 Å². The van der Waals surface area contributed by atoms with Crippen LogP contribution >= 0.6 is 0 Å². The molecule has 0 saturated heterocycles. The van der Waals surface area contributed by atoms with Gasteiger partial charge in [-0.15, -0.1) is 0 Å². The number of hydrogen-bond acceptors (Lipinski definition) is 6. The number of nitrogen functional groups attached to an aromatic ring is 2. The zero-order valence-corrected chi connectivity index (χ0v) is 45.5. The van der Waals surface area contributed by atoms with Gasteiger partial charge >= 0.3 is 0 Å². The molecular formula is C62H92N6. The molecular weight excluding hydrogens is 829 g/mol. The Morgan fingerprint density at radius 2 is 0.382 bits per heavy atom. The summed E-state index contributed by atoms with van der Waals surface area (Å²) in [4.78, 5) is 10.1. The number of benzene rings is 5. The minimum atomic E-state index is 0.544. The van der Waals surface area contributed by atoms with E-state index >= 15 is 0 Å². The third-order valence-corrected chi connectivity index (χ3v) is 12.3. The van der Waals surface area contributed by atoms with Crippen LogP contribution in [-0.4, -0.2) is 52.4 Å². The average Bonchev–Trinajstić information content (AvgIpc) is 3.25. The molecule has 0 radical (unpaired) electrons. The van der Waals surface area contributed by atoms with Crippen LogP contribution in [0.2, 0.25) is 0 Å². The monoisotopic (exact) mass is 921 g/mol. The highest BCUT2D eigenvalue weighted by atomic mass is 15.1. The van der Waals surface area contributed by atoms with Crippen molar-refractivity contribution in [1.82, 2.24) is 0 Å². The molecule has 0 aliphatic rings.